The molecule has 172 valence electrons. The van der Waals surface area contributed by atoms with Crippen LogP contribution in [0.1, 0.15) is 29.7 Å². The lowest BCUT2D eigenvalue weighted by molar-refractivity contribution is 0.0870. The van der Waals surface area contributed by atoms with Crippen LogP contribution in [0.5, 0.6) is 0 Å². The smallest absolute Gasteiger partial charge is 0.149 e. The van der Waals surface area contributed by atoms with E-state index in [1.807, 2.05) is 13.0 Å². The average molecular weight is 464 g/mol. The Balaban J connectivity index is 1.57. The van der Waals surface area contributed by atoms with Gasteiger partial charge in [-0.3, -0.25) is 4.78 Å². The predicted molar refractivity (Wildman–Crippen MR) is 123 cm³/mol. The highest BCUT2D eigenvalue weighted by atomic mass is 32.2. The van der Waals surface area contributed by atoms with Gasteiger partial charge in [-0.2, -0.15) is 0 Å². The summed E-state index contributed by atoms with van der Waals surface area (Å²) in [6, 6.07) is 5.02. The number of nitrogens with one attached hydrogen (secondary N) is 2. The van der Waals surface area contributed by atoms with E-state index in [0.29, 0.717) is 31.0 Å². The molecule has 0 radical (unpaired) electrons. The number of nitrogens with zero attached hydrogens (tertiary/aromatic N) is 2. The van der Waals surface area contributed by atoms with Gasteiger partial charge < -0.3 is 15.8 Å². The molecule has 2 aromatic heterocycles. The van der Waals surface area contributed by atoms with E-state index in [0.717, 1.165) is 17.5 Å². The molecule has 0 spiro atoms. The van der Waals surface area contributed by atoms with Crippen molar-refractivity contribution < 1.29 is 17.7 Å². The number of ether oxygens (including phenoxy) is 1. The van der Waals surface area contributed by atoms with Crippen molar-refractivity contribution in [2.75, 3.05) is 30.5 Å². The molecule has 2 heterocycles. The quantitative estimate of drug-likeness (QED) is 0.480. The molecule has 0 aromatic carbocycles. The van der Waals surface area contributed by atoms with Gasteiger partial charge in [-0.15, -0.1) is 0 Å². The van der Waals surface area contributed by atoms with Crippen molar-refractivity contribution >= 4 is 26.9 Å². The zero-order valence-corrected chi connectivity index (χ0v) is 18.8. The van der Waals surface area contributed by atoms with Crippen molar-refractivity contribution in [1.82, 2.24) is 9.97 Å². The number of nitrogen functional groups attached to an aromatic ring is 1. The van der Waals surface area contributed by atoms with Crippen LogP contribution in [0.4, 0.5) is 20.4 Å². The number of nitrogens with two attached hydrogens (primary N) is 1. The van der Waals surface area contributed by atoms with Crippen LogP contribution in [-0.2, 0) is 20.2 Å². The van der Waals surface area contributed by atoms with E-state index in [1.165, 1.54) is 24.5 Å². The van der Waals surface area contributed by atoms with Crippen LogP contribution in [0.2, 0.25) is 0 Å². The Labute approximate surface area is 186 Å². The molecule has 7 nitrogen and oxygen atoms in total. The lowest BCUT2D eigenvalue weighted by atomic mass is 9.94. The molecule has 1 aliphatic carbocycles. The van der Waals surface area contributed by atoms with Crippen molar-refractivity contribution in [2.45, 2.75) is 31.6 Å². The van der Waals surface area contributed by atoms with Crippen LogP contribution in [0, 0.1) is 17.5 Å². The molecule has 0 amide bonds. The molecule has 0 fully saturated rings. The Morgan fingerprint density at radius 2 is 2.09 bits per heavy atom. The first kappa shape index (κ1) is 23.8. The maximum Gasteiger partial charge on any atom is 0.149 e. The number of anilines is 2. The van der Waals surface area contributed by atoms with Crippen molar-refractivity contribution in [2.24, 2.45) is 0 Å². The first-order valence-electron chi connectivity index (χ1n) is 10.1. The first-order chi connectivity index (χ1) is 15.1. The Morgan fingerprint density at radius 3 is 2.84 bits per heavy atom. The van der Waals surface area contributed by atoms with Crippen LogP contribution in [-0.4, -0.2) is 39.7 Å². The third kappa shape index (κ3) is 6.83. The van der Waals surface area contributed by atoms with Crippen molar-refractivity contribution in [3.63, 3.8) is 0 Å². The molecule has 3 rings (SSSR count). The Bertz CT molecular complexity index is 1150. The van der Waals surface area contributed by atoms with Crippen LogP contribution >= 0.6 is 0 Å². The van der Waals surface area contributed by atoms with Crippen LogP contribution in [0.25, 0.3) is 5.57 Å². The summed E-state index contributed by atoms with van der Waals surface area (Å²) in [5.41, 5.74) is 8.01. The average Bonchev–Trinajstić information content (AvgIpc) is 2.68. The minimum Gasteiger partial charge on any atom is -0.384 e. The number of aryl methyl sites for hydroxylation is 1. The Hall–Kier alpha value is -2.85. The molecule has 4 N–H and O–H groups in total. The van der Waals surface area contributed by atoms with Gasteiger partial charge in [0.05, 0.1) is 18.1 Å². The summed E-state index contributed by atoms with van der Waals surface area (Å²) in [6.07, 6.45) is 5.26. The van der Waals surface area contributed by atoms with Gasteiger partial charge in [0.2, 0.25) is 0 Å². The van der Waals surface area contributed by atoms with E-state index in [4.69, 9.17) is 15.3 Å². The summed E-state index contributed by atoms with van der Waals surface area (Å²) in [5.74, 6) is 0.0964. The molecule has 0 aliphatic heterocycles. The van der Waals surface area contributed by atoms with Gasteiger partial charge >= 0.3 is 0 Å². The molecular weight excluding hydrogens is 436 g/mol. The van der Waals surface area contributed by atoms with E-state index in [9.17, 15) is 13.0 Å². The molecule has 0 saturated carbocycles. The molecule has 1 aliphatic rings. The SMILES string of the molecule is Cc1cc(CS(C)(=N)=O)cc(NCCCOC2CC(F)=CC=C2c2cc(N)ncc2F)n1. The number of aromatic nitrogens is 2. The monoisotopic (exact) mass is 463 g/mol. The van der Waals surface area contributed by atoms with E-state index >= 15 is 0 Å². The minimum absolute atomic E-state index is 0.0210. The lowest BCUT2D eigenvalue weighted by Gasteiger charge is -2.24. The van der Waals surface area contributed by atoms with E-state index < -0.39 is 21.7 Å². The van der Waals surface area contributed by atoms with Gasteiger partial charge in [0, 0.05) is 46.8 Å². The van der Waals surface area contributed by atoms with E-state index in [2.05, 4.69) is 15.3 Å². The summed E-state index contributed by atoms with van der Waals surface area (Å²) < 4.78 is 53.3. The highest BCUT2D eigenvalue weighted by molar-refractivity contribution is 7.90. The molecular formula is C22H27F2N5O2S. The van der Waals surface area contributed by atoms with Gasteiger partial charge in [-0.1, -0.05) is 6.08 Å². The molecule has 2 aromatic rings. The molecule has 2 unspecified atom stereocenters. The fourth-order valence-corrected chi connectivity index (χ4v) is 4.28. The molecule has 10 heteroatoms. The predicted octanol–water partition coefficient (Wildman–Crippen LogP) is 4.21. The summed E-state index contributed by atoms with van der Waals surface area (Å²) >= 11 is 0. The van der Waals surface area contributed by atoms with Crippen molar-refractivity contribution in [3.05, 3.63) is 65.0 Å². The number of hydrogen-bond acceptors (Lipinski definition) is 7. The zero-order valence-electron chi connectivity index (χ0n) is 18.0. The highest BCUT2D eigenvalue weighted by Gasteiger charge is 2.24. The largest absolute Gasteiger partial charge is 0.384 e. The molecule has 32 heavy (non-hydrogen) atoms. The van der Waals surface area contributed by atoms with E-state index in [1.54, 1.807) is 6.07 Å². The number of hydrogen-bond donors (Lipinski definition) is 3. The third-order valence-electron chi connectivity index (χ3n) is 4.76. The van der Waals surface area contributed by atoms with Crippen molar-refractivity contribution in [3.8, 4) is 0 Å². The molecule has 2 atom stereocenters. The highest BCUT2D eigenvalue weighted by Crippen LogP contribution is 2.32. The third-order valence-corrected chi connectivity index (χ3v) is 5.64. The van der Waals surface area contributed by atoms with E-state index in [-0.39, 0.29) is 29.4 Å². The fourth-order valence-electron chi connectivity index (χ4n) is 3.48. The summed E-state index contributed by atoms with van der Waals surface area (Å²) in [7, 11) is -2.65. The Kier molecular flexibility index (Phi) is 7.57. The maximum absolute atomic E-state index is 14.2. The number of rotatable bonds is 9. The van der Waals surface area contributed by atoms with Gasteiger partial charge in [0.1, 0.15) is 23.3 Å². The lowest BCUT2D eigenvalue weighted by Crippen LogP contribution is -2.20. The van der Waals surface area contributed by atoms with Gasteiger partial charge in [0.25, 0.3) is 0 Å². The van der Waals surface area contributed by atoms with Crippen molar-refractivity contribution in [1.29, 1.82) is 4.78 Å². The first-order valence-corrected chi connectivity index (χ1v) is 12.3. The summed E-state index contributed by atoms with van der Waals surface area (Å²) in [6.45, 7) is 2.70. The van der Waals surface area contributed by atoms with Crippen LogP contribution < -0.4 is 11.1 Å². The topological polar surface area (TPSA) is 114 Å². The van der Waals surface area contributed by atoms with Crippen LogP contribution in [0.3, 0.4) is 0 Å². The second kappa shape index (κ2) is 10.2. The maximum atomic E-state index is 14.2. The second-order valence-corrected chi connectivity index (χ2v) is 10.1. The second-order valence-electron chi connectivity index (χ2n) is 7.82. The van der Waals surface area contributed by atoms with Crippen LogP contribution in [0.15, 0.2) is 42.4 Å². The zero-order chi connectivity index (χ0) is 23.3. The molecule has 0 saturated heterocycles. The van der Waals surface area contributed by atoms with Gasteiger partial charge in [-0.05, 0) is 48.8 Å². The van der Waals surface area contributed by atoms with Gasteiger partial charge in [0.15, 0.2) is 0 Å². The normalized spacial score (nSPS) is 17.9. The summed E-state index contributed by atoms with van der Waals surface area (Å²) in [5, 5.41) is 3.19. The fraction of sp³-hybridized carbons (Fsp3) is 0.364. The van der Waals surface area contributed by atoms with Gasteiger partial charge in [-0.25, -0.2) is 23.0 Å². The number of allylic oxidation sites excluding steroid dienone is 2. The standard InChI is InChI=1S/C22H27F2N5O2S/c1-14-8-15(13-32(2,26)30)9-22(29-14)27-6-3-7-31-20-10-16(23)4-5-17(20)18-11-21(25)28-12-19(18)24/h4-5,8-9,11-12,20,26H,3,6-7,10,13H2,1-2H3,(H2,25,28)(H,27,29). The minimum atomic E-state index is -2.65. The number of halogens is 2. The Morgan fingerprint density at radius 1 is 1.31 bits per heavy atom. The molecule has 0 bridgehead atoms. The number of pyridine rings is 2. The summed E-state index contributed by atoms with van der Waals surface area (Å²) in [4.78, 5) is 8.13.